The lowest BCUT2D eigenvalue weighted by Gasteiger charge is -2.38. The number of carbonyl (C=O) groups excluding carboxylic acids is 1. The maximum Gasteiger partial charge on any atom is 0.326 e. The van der Waals surface area contributed by atoms with Crippen molar-refractivity contribution < 1.29 is 34.5 Å². The Balaban J connectivity index is 5.19. The monoisotopic (exact) mass is 361 g/mol. The van der Waals surface area contributed by atoms with E-state index in [1.807, 2.05) is 0 Å². The average molecular weight is 361 g/mol. The Labute approximate surface area is 145 Å². The van der Waals surface area contributed by atoms with Crippen LogP contribution in [0.1, 0.15) is 40.5 Å². The molecular weight excluding hydrogens is 334 g/mol. The van der Waals surface area contributed by atoms with Crippen LogP contribution >= 0.6 is 0 Å². The first-order valence-corrected chi connectivity index (χ1v) is 7.80. The summed E-state index contributed by atoms with van der Waals surface area (Å²) < 4.78 is 0. The molecule has 0 bridgehead atoms. The number of amides is 2. The van der Waals surface area contributed by atoms with Gasteiger partial charge in [-0.2, -0.15) is 0 Å². The molecule has 3 unspecified atom stereocenters. The van der Waals surface area contributed by atoms with Gasteiger partial charge in [-0.25, -0.2) is 14.4 Å². The highest BCUT2D eigenvalue weighted by Crippen LogP contribution is 2.26. The highest BCUT2D eigenvalue weighted by Gasteiger charge is 2.40. The Hall–Kier alpha value is -2.36. The second kappa shape index (κ2) is 9.21. The van der Waals surface area contributed by atoms with Gasteiger partial charge < -0.3 is 31.7 Å². The first-order valence-electron chi connectivity index (χ1n) is 7.80. The van der Waals surface area contributed by atoms with E-state index in [1.54, 1.807) is 27.7 Å². The molecule has 0 rings (SSSR count). The lowest BCUT2D eigenvalue weighted by molar-refractivity contribution is -0.142. The summed E-state index contributed by atoms with van der Waals surface area (Å²) >= 11 is 0. The van der Waals surface area contributed by atoms with Gasteiger partial charge in [0.05, 0.1) is 0 Å². The first-order chi connectivity index (χ1) is 11.3. The van der Waals surface area contributed by atoms with Crippen LogP contribution in [0.2, 0.25) is 0 Å². The van der Waals surface area contributed by atoms with Crippen LogP contribution in [0.4, 0.5) is 4.79 Å². The fraction of sp³-hybridized carbons (Fsp3) is 0.733. The molecule has 10 nitrogen and oxygen atoms in total. The third-order valence-electron chi connectivity index (χ3n) is 3.74. The molecule has 0 saturated carbocycles. The summed E-state index contributed by atoms with van der Waals surface area (Å²) in [6.07, 6.45) is -0.782. The zero-order valence-electron chi connectivity index (χ0n) is 14.8. The van der Waals surface area contributed by atoms with Gasteiger partial charge >= 0.3 is 23.9 Å². The summed E-state index contributed by atoms with van der Waals surface area (Å²) in [6, 6.07) is -3.80. The molecule has 0 aromatic heterocycles. The number of rotatable bonds is 10. The summed E-state index contributed by atoms with van der Waals surface area (Å²) in [6.45, 7) is 6.81. The van der Waals surface area contributed by atoms with Crippen molar-refractivity contribution in [2.24, 2.45) is 17.6 Å². The summed E-state index contributed by atoms with van der Waals surface area (Å²) in [5, 5.41) is 31.4. The molecule has 0 aliphatic heterocycles. The van der Waals surface area contributed by atoms with Crippen LogP contribution in [0.25, 0.3) is 0 Å². The molecule has 0 saturated heterocycles. The Morgan fingerprint density at radius 1 is 1.00 bits per heavy atom. The van der Waals surface area contributed by atoms with Gasteiger partial charge in [-0.3, -0.25) is 4.79 Å². The maximum absolute atomic E-state index is 12.0. The van der Waals surface area contributed by atoms with Gasteiger partial charge in [0.2, 0.25) is 0 Å². The number of carbonyl (C=O) groups is 4. The Morgan fingerprint density at radius 3 is 1.84 bits per heavy atom. The van der Waals surface area contributed by atoms with Gasteiger partial charge in [0, 0.05) is 17.9 Å². The third kappa shape index (κ3) is 7.84. The number of carboxylic acids is 3. The van der Waals surface area contributed by atoms with Gasteiger partial charge in [-0.15, -0.1) is 0 Å². The third-order valence-corrected chi connectivity index (χ3v) is 3.74. The molecule has 0 radical (unpaired) electrons. The van der Waals surface area contributed by atoms with Crippen LogP contribution in [0.5, 0.6) is 0 Å². The quantitative estimate of drug-likeness (QED) is 0.316. The molecule has 25 heavy (non-hydrogen) atoms. The average Bonchev–Trinajstić information content (AvgIpc) is 2.39. The predicted molar refractivity (Wildman–Crippen MR) is 88.0 cm³/mol. The van der Waals surface area contributed by atoms with Crippen LogP contribution in [-0.4, -0.2) is 56.9 Å². The van der Waals surface area contributed by atoms with Crippen LogP contribution in [0.15, 0.2) is 0 Å². The van der Waals surface area contributed by atoms with E-state index in [0.717, 1.165) is 0 Å². The molecule has 2 amide bonds. The van der Waals surface area contributed by atoms with E-state index in [0.29, 0.717) is 0 Å². The van der Waals surface area contributed by atoms with Gasteiger partial charge in [0.1, 0.15) is 12.1 Å². The van der Waals surface area contributed by atoms with Crippen LogP contribution in [-0.2, 0) is 14.4 Å². The summed E-state index contributed by atoms with van der Waals surface area (Å²) in [4.78, 5) is 45.2. The molecule has 0 aromatic carbocycles. The number of urea groups is 1. The lowest BCUT2D eigenvalue weighted by Crippen LogP contribution is -2.60. The van der Waals surface area contributed by atoms with Crippen molar-refractivity contribution in [2.75, 3.05) is 0 Å². The second-order valence-electron chi connectivity index (χ2n) is 6.85. The van der Waals surface area contributed by atoms with Gasteiger partial charge in [0.25, 0.3) is 0 Å². The van der Waals surface area contributed by atoms with E-state index in [4.69, 9.17) is 15.9 Å². The van der Waals surface area contributed by atoms with Crippen molar-refractivity contribution in [1.82, 2.24) is 10.6 Å². The van der Waals surface area contributed by atoms with Gasteiger partial charge in [-0.05, 0) is 26.2 Å². The fourth-order valence-electron chi connectivity index (χ4n) is 2.85. The minimum absolute atomic E-state index is 0.177. The standard InChI is InChI=1S/C15H27N3O7/c1-7(2)10(15(3,4)16)11(13(23)24)18-14(25)17-8(12(21)22)5-6-9(19)20/h7-8,10-11H,5-6,16H2,1-4H3,(H,19,20)(H,21,22)(H,23,24)(H2,17,18,25). The molecule has 0 aliphatic rings. The Kier molecular flexibility index (Phi) is 8.34. The Bertz CT molecular complexity index is 514. The fourth-order valence-corrected chi connectivity index (χ4v) is 2.85. The van der Waals surface area contributed by atoms with E-state index in [-0.39, 0.29) is 12.3 Å². The van der Waals surface area contributed by atoms with Crippen molar-refractivity contribution in [2.45, 2.75) is 58.2 Å². The van der Waals surface area contributed by atoms with Crippen molar-refractivity contribution in [3.05, 3.63) is 0 Å². The van der Waals surface area contributed by atoms with Crippen molar-refractivity contribution >= 4 is 23.9 Å². The van der Waals surface area contributed by atoms with Crippen LogP contribution in [0, 0.1) is 11.8 Å². The smallest absolute Gasteiger partial charge is 0.326 e. The molecule has 7 N–H and O–H groups in total. The molecule has 0 aliphatic carbocycles. The Morgan fingerprint density at radius 2 is 1.52 bits per heavy atom. The van der Waals surface area contributed by atoms with E-state index in [1.165, 1.54) is 0 Å². The highest BCUT2D eigenvalue weighted by atomic mass is 16.4. The maximum atomic E-state index is 12.0. The lowest BCUT2D eigenvalue weighted by atomic mass is 9.75. The number of hydrogen-bond acceptors (Lipinski definition) is 5. The molecule has 144 valence electrons. The van der Waals surface area contributed by atoms with Crippen LogP contribution < -0.4 is 16.4 Å². The summed E-state index contributed by atoms with van der Waals surface area (Å²) in [5.74, 6) is -4.73. The van der Waals surface area contributed by atoms with Crippen molar-refractivity contribution in [1.29, 1.82) is 0 Å². The van der Waals surface area contributed by atoms with E-state index in [2.05, 4.69) is 10.6 Å². The number of hydrogen-bond donors (Lipinski definition) is 6. The molecule has 0 heterocycles. The SMILES string of the molecule is CC(C)C(C(NC(=O)NC(CCC(=O)O)C(=O)O)C(=O)O)C(C)(C)N. The van der Waals surface area contributed by atoms with E-state index in [9.17, 15) is 24.3 Å². The van der Waals surface area contributed by atoms with Crippen molar-refractivity contribution in [3.63, 3.8) is 0 Å². The number of nitrogens with two attached hydrogens (primary N) is 1. The first kappa shape index (κ1) is 22.6. The topological polar surface area (TPSA) is 179 Å². The number of aliphatic carboxylic acids is 3. The summed E-state index contributed by atoms with van der Waals surface area (Å²) in [5.41, 5.74) is 5.11. The minimum atomic E-state index is -1.45. The van der Waals surface area contributed by atoms with E-state index < -0.39 is 53.9 Å². The zero-order valence-corrected chi connectivity index (χ0v) is 14.8. The number of nitrogens with one attached hydrogen (secondary N) is 2. The second-order valence-corrected chi connectivity index (χ2v) is 6.85. The predicted octanol–water partition coefficient (Wildman–Crippen LogP) is 0.0663. The van der Waals surface area contributed by atoms with Crippen LogP contribution in [0.3, 0.4) is 0 Å². The minimum Gasteiger partial charge on any atom is -0.481 e. The highest BCUT2D eigenvalue weighted by molar-refractivity contribution is 5.86. The molecule has 3 atom stereocenters. The largest absolute Gasteiger partial charge is 0.481 e. The number of carboxylic acid groups (broad SMARTS) is 3. The molecule has 0 aromatic rings. The molecular formula is C15H27N3O7. The summed E-state index contributed by atoms with van der Waals surface area (Å²) in [7, 11) is 0. The van der Waals surface area contributed by atoms with Crippen molar-refractivity contribution in [3.8, 4) is 0 Å². The molecule has 0 fully saturated rings. The molecule has 10 heteroatoms. The normalized spacial score (nSPS) is 15.1. The van der Waals surface area contributed by atoms with E-state index >= 15 is 0 Å². The van der Waals surface area contributed by atoms with Gasteiger partial charge in [-0.1, -0.05) is 13.8 Å². The molecule has 0 spiro atoms. The zero-order chi connectivity index (χ0) is 19.9. The van der Waals surface area contributed by atoms with Gasteiger partial charge in [0.15, 0.2) is 0 Å².